The molecule has 2 N–H and O–H groups in total. The van der Waals surface area contributed by atoms with Gasteiger partial charge in [-0.05, 0) is 66.4 Å². The minimum absolute atomic E-state index is 0.00302. The van der Waals surface area contributed by atoms with Crippen molar-refractivity contribution in [3.05, 3.63) is 101 Å². The Morgan fingerprint density at radius 3 is 2.11 bits per heavy atom. The molecule has 3 aromatic rings. The molecular weight excluding hydrogens is 360 g/mol. The summed E-state index contributed by atoms with van der Waals surface area (Å²) >= 11 is 5.64. The average molecular weight is 389 g/mol. The number of nitrogens with one attached hydrogen (secondary N) is 2. The number of aryl methyl sites for hydroxylation is 2. The molecule has 3 aromatic carbocycles. The first kappa shape index (κ1) is 20.1. The maximum Gasteiger partial charge on any atom is 0.171 e. The fourth-order valence-electron chi connectivity index (χ4n) is 3.39. The van der Waals surface area contributed by atoms with E-state index in [2.05, 4.69) is 105 Å². The summed E-state index contributed by atoms with van der Waals surface area (Å²) in [6.07, 6.45) is 0. The number of hydrogen-bond donors (Lipinski definition) is 2. The Morgan fingerprint density at radius 1 is 0.821 bits per heavy atom. The summed E-state index contributed by atoms with van der Waals surface area (Å²) < 4.78 is 0. The summed E-state index contributed by atoms with van der Waals surface area (Å²) in [6, 6.07) is 25.5. The number of anilines is 1. The average Bonchev–Trinajstić information content (AvgIpc) is 2.68. The molecule has 3 rings (SSSR count). The van der Waals surface area contributed by atoms with Gasteiger partial charge in [-0.1, -0.05) is 80.1 Å². The van der Waals surface area contributed by atoms with Gasteiger partial charge < -0.3 is 10.6 Å². The Balaban J connectivity index is 1.82. The van der Waals surface area contributed by atoms with Gasteiger partial charge in [0.05, 0.1) is 6.04 Å². The van der Waals surface area contributed by atoms with Gasteiger partial charge in [-0.15, -0.1) is 0 Å². The highest BCUT2D eigenvalue weighted by Crippen LogP contribution is 2.26. The van der Waals surface area contributed by atoms with Crippen LogP contribution in [0.3, 0.4) is 0 Å². The van der Waals surface area contributed by atoms with Gasteiger partial charge in [0.25, 0.3) is 0 Å². The van der Waals surface area contributed by atoms with Gasteiger partial charge in [-0.2, -0.15) is 0 Å². The predicted octanol–water partition coefficient (Wildman–Crippen LogP) is 6.50. The van der Waals surface area contributed by atoms with Crippen LogP contribution in [0, 0.1) is 13.8 Å². The summed E-state index contributed by atoms with van der Waals surface area (Å²) in [5, 5.41) is 7.46. The van der Waals surface area contributed by atoms with Gasteiger partial charge >= 0.3 is 0 Å². The quantitative estimate of drug-likeness (QED) is 0.488. The highest BCUT2D eigenvalue weighted by Gasteiger charge is 2.17. The Morgan fingerprint density at radius 2 is 1.50 bits per heavy atom. The zero-order valence-electron chi connectivity index (χ0n) is 17.0. The number of rotatable bonds is 5. The molecule has 0 aliphatic carbocycles. The van der Waals surface area contributed by atoms with Gasteiger partial charge in [-0.3, -0.25) is 0 Å². The minimum atomic E-state index is -0.00302. The highest BCUT2D eigenvalue weighted by atomic mass is 32.1. The van der Waals surface area contributed by atoms with Crippen molar-refractivity contribution in [3.8, 4) is 0 Å². The summed E-state index contributed by atoms with van der Waals surface area (Å²) in [7, 11) is 0. The molecule has 144 valence electrons. The first-order valence-corrected chi connectivity index (χ1v) is 10.1. The van der Waals surface area contributed by atoms with Crippen LogP contribution in [0.5, 0.6) is 0 Å². The Hall–Kier alpha value is -2.65. The monoisotopic (exact) mass is 388 g/mol. The summed E-state index contributed by atoms with van der Waals surface area (Å²) in [5.41, 5.74) is 7.26. The molecule has 0 saturated carbocycles. The van der Waals surface area contributed by atoms with E-state index in [1.54, 1.807) is 0 Å². The molecule has 0 bridgehead atoms. The second kappa shape index (κ2) is 9.03. The van der Waals surface area contributed by atoms with Crippen LogP contribution in [0.15, 0.2) is 72.8 Å². The lowest BCUT2D eigenvalue weighted by Gasteiger charge is -2.24. The van der Waals surface area contributed by atoms with Crippen LogP contribution in [-0.4, -0.2) is 5.11 Å². The van der Waals surface area contributed by atoms with Crippen LogP contribution in [0.25, 0.3) is 0 Å². The van der Waals surface area contributed by atoms with Crippen LogP contribution < -0.4 is 10.6 Å². The van der Waals surface area contributed by atoms with Crippen molar-refractivity contribution >= 4 is 23.0 Å². The Kier molecular flexibility index (Phi) is 6.48. The number of benzene rings is 3. The molecule has 0 aliphatic heterocycles. The van der Waals surface area contributed by atoms with Crippen LogP contribution in [0.1, 0.15) is 53.6 Å². The zero-order valence-corrected chi connectivity index (χ0v) is 17.8. The van der Waals surface area contributed by atoms with Crippen LogP contribution in [-0.2, 0) is 0 Å². The zero-order chi connectivity index (χ0) is 20.1. The molecule has 0 amide bonds. The van der Waals surface area contributed by atoms with E-state index < -0.39 is 0 Å². The molecule has 3 heteroatoms. The van der Waals surface area contributed by atoms with E-state index in [-0.39, 0.29) is 6.04 Å². The van der Waals surface area contributed by atoms with Crippen LogP contribution in [0.4, 0.5) is 5.69 Å². The summed E-state index contributed by atoms with van der Waals surface area (Å²) in [4.78, 5) is 0. The van der Waals surface area contributed by atoms with E-state index in [9.17, 15) is 0 Å². The van der Waals surface area contributed by atoms with Gasteiger partial charge in [0.1, 0.15) is 0 Å². The van der Waals surface area contributed by atoms with Crippen molar-refractivity contribution < 1.29 is 0 Å². The van der Waals surface area contributed by atoms with E-state index in [0.717, 1.165) is 5.69 Å². The van der Waals surface area contributed by atoms with Crippen molar-refractivity contribution in [2.45, 2.75) is 39.7 Å². The van der Waals surface area contributed by atoms with Crippen molar-refractivity contribution in [2.24, 2.45) is 0 Å². The predicted molar refractivity (Wildman–Crippen MR) is 124 cm³/mol. The largest absolute Gasteiger partial charge is 0.352 e. The third-order valence-corrected chi connectivity index (χ3v) is 5.20. The number of hydrogen-bond acceptors (Lipinski definition) is 1. The first-order chi connectivity index (χ1) is 13.4. The lowest BCUT2D eigenvalue weighted by atomic mass is 9.94. The second-order valence-corrected chi connectivity index (χ2v) is 7.99. The maximum atomic E-state index is 5.64. The summed E-state index contributed by atoms with van der Waals surface area (Å²) in [6.45, 7) is 8.67. The molecule has 0 unspecified atom stereocenters. The minimum Gasteiger partial charge on any atom is -0.352 e. The summed E-state index contributed by atoms with van der Waals surface area (Å²) in [5.74, 6) is 0.520. The third-order valence-electron chi connectivity index (χ3n) is 4.98. The molecule has 2 nitrogen and oxygen atoms in total. The molecule has 1 atom stereocenters. The van der Waals surface area contributed by atoms with E-state index in [1.165, 1.54) is 27.8 Å². The fourth-order valence-corrected chi connectivity index (χ4v) is 3.62. The smallest absolute Gasteiger partial charge is 0.171 e. The van der Waals surface area contributed by atoms with Crippen molar-refractivity contribution in [1.29, 1.82) is 0 Å². The molecule has 0 aliphatic rings. The van der Waals surface area contributed by atoms with Gasteiger partial charge in [-0.25, -0.2) is 0 Å². The fraction of sp³-hybridized carbons (Fsp3) is 0.240. The molecule has 0 aromatic heterocycles. The molecular formula is C25H28N2S. The van der Waals surface area contributed by atoms with E-state index in [1.807, 2.05) is 6.07 Å². The van der Waals surface area contributed by atoms with Gasteiger partial charge in [0, 0.05) is 5.69 Å². The lowest BCUT2D eigenvalue weighted by molar-refractivity contribution is 0.762. The standard InChI is InChI=1S/C25H28N2S/c1-17(2)20-11-13-22(14-12-20)26-25(28)27-24(21-8-6-5-7-9-21)23-15-10-18(3)16-19(23)4/h5-17,24H,1-4H3,(H2,26,27,28)/t24-/m1/s1. The highest BCUT2D eigenvalue weighted by molar-refractivity contribution is 7.80. The normalized spacial score (nSPS) is 11.9. The topological polar surface area (TPSA) is 24.1 Å². The molecule has 0 spiro atoms. The van der Waals surface area contributed by atoms with Crippen LogP contribution >= 0.6 is 12.2 Å². The molecule has 0 saturated heterocycles. The molecule has 0 radical (unpaired) electrons. The molecule has 28 heavy (non-hydrogen) atoms. The Labute approximate surface area is 174 Å². The van der Waals surface area contributed by atoms with Gasteiger partial charge in [0.2, 0.25) is 0 Å². The van der Waals surface area contributed by atoms with E-state index >= 15 is 0 Å². The molecule has 0 fully saturated rings. The third kappa shape index (κ3) is 4.99. The first-order valence-electron chi connectivity index (χ1n) is 9.73. The second-order valence-electron chi connectivity index (χ2n) is 7.58. The SMILES string of the molecule is Cc1ccc([C@H](NC(=S)Nc2ccc(C(C)C)cc2)c2ccccc2)c(C)c1. The van der Waals surface area contributed by atoms with Gasteiger partial charge in [0.15, 0.2) is 5.11 Å². The lowest BCUT2D eigenvalue weighted by Crippen LogP contribution is -2.33. The van der Waals surface area contributed by atoms with E-state index in [0.29, 0.717) is 11.0 Å². The Bertz CT molecular complexity index is 931. The van der Waals surface area contributed by atoms with Crippen LogP contribution in [0.2, 0.25) is 0 Å². The number of thiocarbonyl (C=S) groups is 1. The maximum absolute atomic E-state index is 5.64. The molecule has 0 heterocycles. The van der Waals surface area contributed by atoms with Crippen molar-refractivity contribution in [3.63, 3.8) is 0 Å². The van der Waals surface area contributed by atoms with Crippen molar-refractivity contribution in [2.75, 3.05) is 5.32 Å². The van der Waals surface area contributed by atoms with E-state index in [4.69, 9.17) is 12.2 Å². The van der Waals surface area contributed by atoms with Crippen molar-refractivity contribution in [1.82, 2.24) is 5.32 Å².